The summed E-state index contributed by atoms with van der Waals surface area (Å²) in [6.07, 6.45) is 3.94. The third-order valence-electron chi connectivity index (χ3n) is 5.87. The fraction of sp³-hybridized carbons (Fsp3) is 0.160. The third kappa shape index (κ3) is 4.87. The van der Waals surface area contributed by atoms with Gasteiger partial charge in [0, 0.05) is 46.5 Å². The second-order valence-electron chi connectivity index (χ2n) is 8.61. The SMILES string of the molecule is C[N+](C)(C(N)=O)c1nccc(-c2ccc(C(=O)NCCc3ccc4[nH]cc(C(=N)N)c4c3)cc2)n1. The zero-order valence-corrected chi connectivity index (χ0v) is 19.5. The van der Waals surface area contributed by atoms with E-state index in [-0.39, 0.29) is 22.2 Å². The molecule has 35 heavy (non-hydrogen) atoms. The Labute approximate surface area is 202 Å². The highest BCUT2D eigenvalue weighted by Gasteiger charge is 2.30. The summed E-state index contributed by atoms with van der Waals surface area (Å²) in [6, 6.07) is 14.1. The van der Waals surface area contributed by atoms with Crippen molar-refractivity contribution in [3.05, 3.63) is 77.6 Å². The van der Waals surface area contributed by atoms with Gasteiger partial charge in [-0.3, -0.25) is 10.2 Å². The summed E-state index contributed by atoms with van der Waals surface area (Å²) in [6.45, 7) is 0.460. The monoisotopic (exact) mass is 471 g/mol. The van der Waals surface area contributed by atoms with Gasteiger partial charge in [0.2, 0.25) is 0 Å². The van der Waals surface area contributed by atoms with Crippen LogP contribution in [0, 0.1) is 5.41 Å². The van der Waals surface area contributed by atoms with E-state index < -0.39 is 6.03 Å². The molecule has 0 spiro atoms. The summed E-state index contributed by atoms with van der Waals surface area (Å²) < 4.78 is -0.276. The van der Waals surface area contributed by atoms with E-state index in [1.165, 1.54) is 0 Å². The summed E-state index contributed by atoms with van der Waals surface area (Å²) in [5.41, 5.74) is 15.6. The lowest BCUT2D eigenvalue weighted by molar-refractivity contribution is 0.0954. The van der Waals surface area contributed by atoms with Crippen molar-refractivity contribution in [2.75, 3.05) is 20.6 Å². The minimum absolute atomic E-state index is 0.0129. The van der Waals surface area contributed by atoms with Crippen molar-refractivity contribution in [2.24, 2.45) is 11.5 Å². The van der Waals surface area contributed by atoms with E-state index in [0.717, 1.165) is 22.0 Å². The van der Waals surface area contributed by atoms with E-state index >= 15 is 0 Å². The Kier molecular flexibility index (Phi) is 6.30. The predicted molar refractivity (Wildman–Crippen MR) is 136 cm³/mol. The van der Waals surface area contributed by atoms with Gasteiger partial charge in [-0.05, 0) is 42.3 Å². The number of H-pyrrole nitrogens is 1. The lowest BCUT2D eigenvalue weighted by atomic mass is 10.1. The van der Waals surface area contributed by atoms with Crippen molar-refractivity contribution in [1.29, 1.82) is 5.41 Å². The molecule has 0 fully saturated rings. The summed E-state index contributed by atoms with van der Waals surface area (Å²) in [7, 11) is 3.24. The van der Waals surface area contributed by atoms with Gasteiger partial charge in [0.15, 0.2) is 0 Å². The number of nitrogen functional groups attached to an aromatic ring is 1. The Bertz CT molecular complexity index is 1420. The van der Waals surface area contributed by atoms with Gasteiger partial charge in [-0.2, -0.15) is 14.5 Å². The number of carbonyl (C=O) groups excluding carboxylic acids is 2. The van der Waals surface area contributed by atoms with Gasteiger partial charge < -0.3 is 21.8 Å². The quantitative estimate of drug-likeness (QED) is 0.159. The van der Waals surface area contributed by atoms with Gasteiger partial charge in [0.25, 0.3) is 5.91 Å². The summed E-state index contributed by atoms with van der Waals surface area (Å²) in [4.78, 5) is 36.1. The van der Waals surface area contributed by atoms with Crippen molar-refractivity contribution in [2.45, 2.75) is 6.42 Å². The Balaban J connectivity index is 1.40. The van der Waals surface area contributed by atoms with Crippen molar-refractivity contribution >= 4 is 34.6 Å². The maximum atomic E-state index is 12.6. The average molecular weight is 472 g/mol. The lowest BCUT2D eigenvalue weighted by Crippen LogP contribution is -2.51. The molecule has 7 N–H and O–H groups in total. The number of quaternary nitrogens is 1. The first-order valence-corrected chi connectivity index (χ1v) is 11.0. The molecule has 0 bridgehead atoms. The first-order valence-electron chi connectivity index (χ1n) is 11.0. The number of primary amides is 1. The Morgan fingerprint density at radius 3 is 2.51 bits per heavy atom. The topological polar surface area (TPSA) is 164 Å². The van der Waals surface area contributed by atoms with E-state index in [1.807, 2.05) is 18.2 Å². The zero-order valence-electron chi connectivity index (χ0n) is 19.5. The van der Waals surface area contributed by atoms with Gasteiger partial charge in [-0.25, -0.2) is 4.79 Å². The summed E-state index contributed by atoms with van der Waals surface area (Å²) >= 11 is 0. The van der Waals surface area contributed by atoms with Crippen LogP contribution in [0.3, 0.4) is 0 Å². The van der Waals surface area contributed by atoms with Gasteiger partial charge in [-0.15, -0.1) is 0 Å². The Morgan fingerprint density at radius 1 is 1.09 bits per heavy atom. The first-order chi connectivity index (χ1) is 16.7. The second kappa shape index (κ2) is 9.35. The molecule has 2 aromatic heterocycles. The maximum Gasteiger partial charge on any atom is 0.421 e. The number of amides is 3. The third-order valence-corrected chi connectivity index (χ3v) is 5.87. The molecule has 0 atom stereocenters. The normalized spacial score (nSPS) is 11.4. The molecule has 3 amide bonds. The number of carbonyl (C=O) groups is 2. The van der Waals surface area contributed by atoms with Crippen LogP contribution in [0.4, 0.5) is 10.7 Å². The standard InChI is InChI=1S/C25H26N8O2/c1-33(2,24(28)35)25-30-12-10-20(32-25)16-4-6-17(7-5-16)23(34)29-11-9-15-3-8-21-18(13-15)19(14-31-21)22(26)27/h3-8,10,12-14H,9,11H2,1-2H3,(H6-,26,27,28,29,31,34,35)/p+1. The number of aromatic amines is 1. The lowest BCUT2D eigenvalue weighted by Gasteiger charge is -2.20. The number of aromatic nitrogens is 3. The molecular formula is C25H27N8O2+. The number of rotatable bonds is 7. The highest BCUT2D eigenvalue weighted by Crippen LogP contribution is 2.22. The van der Waals surface area contributed by atoms with Gasteiger partial charge in [0.1, 0.15) is 5.84 Å². The smallest absolute Gasteiger partial charge is 0.384 e. The average Bonchev–Trinajstić information content (AvgIpc) is 3.28. The molecule has 0 aliphatic carbocycles. The molecule has 178 valence electrons. The number of nitrogens with zero attached hydrogens (tertiary/aromatic N) is 3. The van der Waals surface area contributed by atoms with Crippen LogP contribution in [0.5, 0.6) is 0 Å². The highest BCUT2D eigenvalue weighted by atomic mass is 16.2. The summed E-state index contributed by atoms with van der Waals surface area (Å²) in [5.74, 6) is 0.114. The molecular weight excluding hydrogens is 444 g/mol. The molecule has 10 nitrogen and oxygen atoms in total. The fourth-order valence-corrected chi connectivity index (χ4v) is 3.64. The molecule has 2 aromatic carbocycles. The van der Waals surface area contributed by atoms with Crippen LogP contribution in [0.2, 0.25) is 0 Å². The largest absolute Gasteiger partial charge is 0.421 e. The number of fused-ring (bicyclic) bond motifs is 1. The van der Waals surface area contributed by atoms with E-state index in [9.17, 15) is 9.59 Å². The number of benzene rings is 2. The van der Waals surface area contributed by atoms with Crippen LogP contribution in [0.15, 0.2) is 60.9 Å². The highest BCUT2D eigenvalue weighted by molar-refractivity contribution is 6.07. The Morgan fingerprint density at radius 2 is 1.83 bits per heavy atom. The molecule has 0 aliphatic rings. The molecule has 0 saturated heterocycles. The molecule has 0 saturated carbocycles. The number of hydrogen-bond donors (Lipinski definition) is 5. The number of amidine groups is 1. The van der Waals surface area contributed by atoms with E-state index in [2.05, 4.69) is 20.3 Å². The van der Waals surface area contributed by atoms with Crippen molar-refractivity contribution < 1.29 is 9.59 Å². The Hall–Kier alpha value is -4.57. The van der Waals surface area contributed by atoms with Crippen LogP contribution in [-0.4, -0.2) is 53.4 Å². The maximum absolute atomic E-state index is 12.6. The number of hydrogen-bond acceptors (Lipinski definition) is 5. The van der Waals surface area contributed by atoms with Crippen LogP contribution in [-0.2, 0) is 6.42 Å². The molecule has 2 heterocycles. The van der Waals surface area contributed by atoms with Crippen LogP contribution >= 0.6 is 0 Å². The van der Waals surface area contributed by atoms with Gasteiger partial charge in [-0.1, -0.05) is 18.2 Å². The van der Waals surface area contributed by atoms with E-state index in [0.29, 0.717) is 29.8 Å². The number of urea groups is 1. The fourth-order valence-electron chi connectivity index (χ4n) is 3.64. The van der Waals surface area contributed by atoms with Gasteiger partial charge in [0.05, 0.1) is 19.8 Å². The van der Waals surface area contributed by atoms with E-state index in [4.69, 9.17) is 16.9 Å². The zero-order chi connectivity index (χ0) is 25.2. The number of nitrogens with two attached hydrogens (primary N) is 2. The molecule has 0 radical (unpaired) electrons. The first kappa shape index (κ1) is 23.6. The summed E-state index contributed by atoms with van der Waals surface area (Å²) in [5, 5.41) is 11.5. The number of nitrogens with one attached hydrogen (secondary N) is 3. The predicted octanol–water partition coefficient (Wildman–Crippen LogP) is 2.53. The minimum atomic E-state index is -0.568. The molecule has 4 aromatic rings. The van der Waals surface area contributed by atoms with E-state index in [1.54, 1.807) is 56.8 Å². The van der Waals surface area contributed by atoms with Crippen molar-refractivity contribution in [1.82, 2.24) is 24.8 Å². The van der Waals surface area contributed by atoms with Crippen LogP contribution < -0.4 is 21.3 Å². The molecule has 0 unspecified atom stereocenters. The van der Waals surface area contributed by atoms with Crippen LogP contribution in [0.25, 0.3) is 22.2 Å². The minimum Gasteiger partial charge on any atom is -0.384 e. The molecule has 10 heteroatoms. The second-order valence-corrected chi connectivity index (χ2v) is 8.61. The molecule has 4 rings (SSSR count). The van der Waals surface area contributed by atoms with Gasteiger partial charge >= 0.3 is 12.0 Å². The van der Waals surface area contributed by atoms with Crippen molar-refractivity contribution in [3.63, 3.8) is 0 Å². The molecule has 0 aliphatic heterocycles. The van der Waals surface area contributed by atoms with Crippen LogP contribution in [0.1, 0.15) is 21.5 Å². The van der Waals surface area contributed by atoms with Crippen molar-refractivity contribution in [3.8, 4) is 11.3 Å².